The minimum absolute atomic E-state index is 0.0109. The van der Waals surface area contributed by atoms with Crippen LogP contribution in [0.25, 0.3) is 0 Å². The molecular formula is C11H21NO6S. The highest BCUT2D eigenvalue weighted by Crippen LogP contribution is 2.03. The maximum absolute atomic E-state index is 11.8. The van der Waals surface area contributed by atoms with Gasteiger partial charge in [0.15, 0.2) is 0 Å². The van der Waals surface area contributed by atoms with Crippen LogP contribution in [0.15, 0.2) is 0 Å². The molecule has 0 atom stereocenters. The summed E-state index contributed by atoms with van der Waals surface area (Å²) in [6.45, 7) is 3.84. The van der Waals surface area contributed by atoms with Gasteiger partial charge in [0.2, 0.25) is 10.0 Å². The lowest BCUT2D eigenvalue weighted by molar-refractivity contribution is -0.144. The molecule has 19 heavy (non-hydrogen) atoms. The number of carbonyl (C=O) groups excluding carboxylic acids is 2. The van der Waals surface area contributed by atoms with Gasteiger partial charge in [0.25, 0.3) is 0 Å². The predicted octanol–water partition coefficient (Wildman–Crippen LogP) is 0.154. The number of rotatable bonds is 9. The van der Waals surface area contributed by atoms with Gasteiger partial charge in [-0.05, 0) is 13.8 Å². The molecule has 0 heterocycles. The summed E-state index contributed by atoms with van der Waals surface area (Å²) in [6.07, 6.45) is -0.205. The number of ether oxygens (including phenoxy) is 2. The first kappa shape index (κ1) is 17.8. The fraction of sp³-hybridized carbons (Fsp3) is 0.818. The molecule has 0 aromatic heterocycles. The van der Waals surface area contributed by atoms with Gasteiger partial charge in [0.05, 0.1) is 31.8 Å². The molecule has 0 aliphatic rings. The molecule has 0 amide bonds. The summed E-state index contributed by atoms with van der Waals surface area (Å²) in [5.41, 5.74) is 0. The predicted molar refractivity (Wildman–Crippen MR) is 68.9 cm³/mol. The monoisotopic (exact) mass is 295 g/mol. The maximum atomic E-state index is 11.8. The molecule has 0 bridgehead atoms. The van der Waals surface area contributed by atoms with Crippen molar-refractivity contribution in [3.63, 3.8) is 0 Å². The van der Waals surface area contributed by atoms with Crippen LogP contribution >= 0.6 is 0 Å². The van der Waals surface area contributed by atoms with Crippen molar-refractivity contribution in [2.45, 2.75) is 26.7 Å². The summed E-state index contributed by atoms with van der Waals surface area (Å²) < 4.78 is 33.9. The van der Waals surface area contributed by atoms with Gasteiger partial charge < -0.3 is 9.47 Å². The van der Waals surface area contributed by atoms with Crippen LogP contribution in [-0.2, 0) is 29.1 Å². The normalized spacial score (nSPS) is 11.4. The van der Waals surface area contributed by atoms with Crippen LogP contribution in [0, 0.1) is 0 Å². The third-order valence-electron chi connectivity index (χ3n) is 2.28. The van der Waals surface area contributed by atoms with E-state index in [-0.39, 0.29) is 38.4 Å². The van der Waals surface area contributed by atoms with Crippen LogP contribution in [0.2, 0.25) is 0 Å². The average molecular weight is 295 g/mol. The van der Waals surface area contributed by atoms with Gasteiger partial charge in [0, 0.05) is 13.6 Å². The van der Waals surface area contributed by atoms with Gasteiger partial charge in [0.1, 0.15) is 0 Å². The summed E-state index contributed by atoms with van der Waals surface area (Å²) in [5, 5.41) is 0. The Morgan fingerprint density at radius 1 is 1.00 bits per heavy atom. The Balaban J connectivity index is 4.17. The van der Waals surface area contributed by atoms with Gasteiger partial charge in [-0.3, -0.25) is 9.59 Å². The molecule has 112 valence electrons. The first-order chi connectivity index (χ1) is 8.83. The molecule has 7 nitrogen and oxygen atoms in total. The lowest BCUT2D eigenvalue weighted by atomic mass is 10.4. The molecule has 0 N–H and O–H groups in total. The second-order valence-electron chi connectivity index (χ2n) is 3.75. The molecule has 0 unspecified atom stereocenters. The Morgan fingerprint density at radius 3 is 1.95 bits per heavy atom. The van der Waals surface area contributed by atoms with Crippen LogP contribution in [0.5, 0.6) is 0 Å². The Bertz CT molecular complexity index is 392. The first-order valence-corrected chi connectivity index (χ1v) is 7.69. The van der Waals surface area contributed by atoms with Crippen LogP contribution in [-0.4, -0.2) is 57.2 Å². The van der Waals surface area contributed by atoms with Crippen molar-refractivity contribution in [1.82, 2.24) is 4.31 Å². The van der Waals surface area contributed by atoms with E-state index in [9.17, 15) is 18.0 Å². The second-order valence-corrected chi connectivity index (χ2v) is 5.94. The number of carbonyl (C=O) groups is 2. The van der Waals surface area contributed by atoms with Crippen molar-refractivity contribution in [2.75, 3.05) is 32.6 Å². The molecule has 0 aromatic carbocycles. The molecule has 0 saturated carbocycles. The number of sulfonamides is 1. The smallest absolute Gasteiger partial charge is 0.307 e. The fourth-order valence-electron chi connectivity index (χ4n) is 1.22. The number of esters is 2. The van der Waals surface area contributed by atoms with Crippen LogP contribution in [0.1, 0.15) is 26.7 Å². The molecule has 0 aliphatic heterocycles. The number of hydrogen-bond acceptors (Lipinski definition) is 6. The van der Waals surface area contributed by atoms with E-state index in [4.69, 9.17) is 4.74 Å². The van der Waals surface area contributed by atoms with E-state index in [2.05, 4.69) is 4.74 Å². The van der Waals surface area contributed by atoms with Crippen molar-refractivity contribution in [3.8, 4) is 0 Å². The molecule has 0 saturated heterocycles. The highest BCUT2D eigenvalue weighted by Gasteiger charge is 2.20. The highest BCUT2D eigenvalue weighted by atomic mass is 32.2. The van der Waals surface area contributed by atoms with Crippen molar-refractivity contribution in [1.29, 1.82) is 0 Å². The summed E-state index contributed by atoms with van der Waals surface area (Å²) in [6, 6.07) is 0. The molecule has 0 radical (unpaired) electrons. The summed E-state index contributed by atoms with van der Waals surface area (Å²) in [5.74, 6) is -1.33. The van der Waals surface area contributed by atoms with Crippen LogP contribution < -0.4 is 0 Å². The van der Waals surface area contributed by atoms with Gasteiger partial charge in [-0.15, -0.1) is 0 Å². The average Bonchev–Trinajstić information content (AvgIpc) is 2.34. The van der Waals surface area contributed by atoms with Crippen molar-refractivity contribution < 1.29 is 27.5 Å². The third-order valence-corrected chi connectivity index (χ3v) is 4.13. The van der Waals surface area contributed by atoms with E-state index in [1.165, 1.54) is 7.05 Å². The molecule has 0 rings (SSSR count). The number of hydrogen-bond donors (Lipinski definition) is 0. The van der Waals surface area contributed by atoms with E-state index in [1.807, 2.05) is 0 Å². The fourth-order valence-corrected chi connectivity index (χ4v) is 2.33. The molecule has 0 fully saturated rings. The zero-order valence-corrected chi connectivity index (χ0v) is 12.4. The summed E-state index contributed by atoms with van der Waals surface area (Å²) in [7, 11) is -2.20. The SMILES string of the molecule is CCOC(=O)CCN(C)S(=O)(=O)CCC(=O)OCC. The van der Waals surface area contributed by atoms with E-state index < -0.39 is 22.0 Å². The van der Waals surface area contributed by atoms with Crippen molar-refractivity contribution in [2.24, 2.45) is 0 Å². The lowest BCUT2D eigenvalue weighted by Crippen LogP contribution is -2.32. The summed E-state index contributed by atoms with van der Waals surface area (Å²) >= 11 is 0. The van der Waals surface area contributed by atoms with Crippen LogP contribution in [0.4, 0.5) is 0 Å². The minimum Gasteiger partial charge on any atom is -0.466 e. The van der Waals surface area contributed by atoms with Crippen molar-refractivity contribution >= 4 is 22.0 Å². The quantitative estimate of drug-likeness (QED) is 0.563. The van der Waals surface area contributed by atoms with E-state index >= 15 is 0 Å². The summed E-state index contributed by atoms with van der Waals surface area (Å²) in [4.78, 5) is 22.2. The molecule has 8 heteroatoms. The van der Waals surface area contributed by atoms with E-state index in [0.29, 0.717) is 0 Å². The Morgan fingerprint density at radius 2 is 1.47 bits per heavy atom. The number of nitrogens with zero attached hydrogens (tertiary/aromatic N) is 1. The molecule has 0 aliphatic carbocycles. The lowest BCUT2D eigenvalue weighted by Gasteiger charge is -2.16. The molecular weight excluding hydrogens is 274 g/mol. The van der Waals surface area contributed by atoms with Crippen LogP contribution in [0.3, 0.4) is 0 Å². The Kier molecular flexibility index (Phi) is 8.33. The maximum Gasteiger partial charge on any atom is 0.307 e. The minimum atomic E-state index is -3.56. The third kappa shape index (κ3) is 7.78. The van der Waals surface area contributed by atoms with E-state index in [1.54, 1.807) is 13.8 Å². The van der Waals surface area contributed by atoms with Gasteiger partial charge in [-0.25, -0.2) is 12.7 Å². The standard InChI is InChI=1S/C11H21NO6S/c1-4-17-10(13)6-8-12(3)19(15,16)9-7-11(14)18-5-2/h4-9H2,1-3H3. The van der Waals surface area contributed by atoms with Gasteiger partial charge in [-0.1, -0.05) is 0 Å². The highest BCUT2D eigenvalue weighted by molar-refractivity contribution is 7.89. The van der Waals surface area contributed by atoms with Crippen molar-refractivity contribution in [3.05, 3.63) is 0 Å². The Hall–Kier alpha value is -1.15. The zero-order chi connectivity index (χ0) is 14.9. The van der Waals surface area contributed by atoms with Gasteiger partial charge in [-0.2, -0.15) is 0 Å². The zero-order valence-electron chi connectivity index (χ0n) is 11.5. The molecule has 0 aromatic rings. The van der Waals surface area contributed by atoms with E-state index in [0.717, 1.165) is 4.31 Å². The second kappa shape index (κ2) is 8.87. The molecule has 0 spiro atoms. The Labute approximate surface area is 113 Å². The largest absolute Gasteiger partial charge is 0.466 e. The first-order valence-electron chi connectivity index (χ1n) is 6.08. The van der Waals surface area contributed by atoms with Gasteiger partial charge >= 0.3 is 11.9 Å². The topological polar surface area (TPSA) is 90.0 Å².